The summed E-state index contributed by atoms with van der Waals surface area (Å²) in [7, 11) is 0. The van der Waals surface area contributed by atoms with Crippen LogP contribution in [0.3, 0.4) is 0 Å². The van der Waals surface area contributed by atoms with Crippen LogP contribution in [0.5, 0.6) is 0 Å². The molecule has 182 valence electrons. The first kappa shape index (κ1) is 27.9. The topological polar surface area (TPSA) is 180 Å². The lowest BCUT2D eigenvalue weighted by Crippen LogP contribution is -2.54. The van der Waals surface area contributed by atoms with Crippen LogP contribution >= 0.6 is 11.8 Å². The van der Waals surface area contributed by atoms with Crippen molar-refractivity contribution in [2.45, 2.75) is 37.9 Å². The Bertz CT molecular complexity index is 821. The summed E-state index contributed by atoms with van der Waals surface area (Å²) in [6.45, 7) is 0.687. The minimum Gasteiger partial charge on any atom is -0.480 e. The van der Waals surface area contributed by atoms with Crippen LogP contribution in [0.25, 0.3) is 0 Å². The van der Waals surface area contributed by atoms with Gasteiger partial charge in [0.25, 0.3) is 0 Å². The number of carboxylic acid groups (broad SMARTS) is 1. The molecule has 0 aliphatic rings. The molecule has 0 bridgehead atoms. The highest BCUT2D eigenvalue weighted by Gasteiger charge is 2.26. The maximum Gasteiger partial charge on any atom is 0.326 e. The lowest BCUT2D eigenvalue weighted by Gasteiger charge is -2.22. The zero-order valence-corrected chi connectivity index (χ0v) is 19.4. The molecule has 12 heteroatoms. The van der Waals surface area contributed by atoms with E-state index in [1.807, 2.05) is 6.26 Å². The van der Waals surface area contributed by atoms with Crippen molar-refractivity contribution in [2.75, 3.05) is 25.1 Å². The van der Waals surface area contributed by atoms with Gasteiger partial charge in [0.05, 0.1) is 19.1 Å². The van der Waals surface area contributed by atoms with Gasteiger partial charge in [0.15, 0.2) is 0 Å². The number of aliphatic carboxylic acids is 1. The Hall–Kier alpha value is -3.12. The van der Waals surface area contributed by atoms with Crippen molar-refractivity contribution >= 4 is 41.4 Å². The molecule has 33 heavy (non-hydrogen) atoms. The van der Waals surface area contributed by atoms with E-state index >= 15 is 0 Å². The second-order valence-electron chi connectivity index (χ2n) is 7.27. The van der Waals surface area contributed by atoms with E-state index in [4.69, 9.17) is 5.73 Å². The van der Waals surface area contributed by atoms with Crippen molar-refractivity contribution in [1.82, 2.24) is 21.3 Å². The van der Waals surface area contributed by atoms with Crippen LogP contribution in [0.2, 0.25) is 0 Å². The highest BCUT2D eigenvalue weighted by atomic mass is 32.2. The third-order valence-electron chi connectivity index (χ3n) is 4.44. The average molecular weight is 482 g/mol. The Balaban J connectivity index is 2.74. The summed E-state index contributed by atoms with van der Waals surface area (Å²) in [5.74, 6) is -3.03. The molecule has 0 heterocycles. The van der Waals surface area contributed by atoms with Gasteiger partial charge in [-0.3, -0.25) is 19.2 Å². The molecule has 1 aromatic carbocycles. The number of benzene rings is 1. The monoisotopic (exact) mass is 481 g/mol. The third-order valence-corrected chi connectivity index (χ3v) is 5.09. The SMILES string of the molecule is CSCC[C@H](NC(=O)[C@H](Cc1ccccc1)NC(=O)CNC(=O)CNC(=O)[C@@H](C)N)C(=O)O. The van der Waals surface area contributed by atoms with Gasteiger partial charge in [0.2, 0.25) is 23.6 Å². The largest absolute Gasteiger partial charge is 0.480 e. The van der Waals surface area contributed by atoms with Crippen LogP contribution in [-0.4, -0.2) is 77.9 Å². The first-order valence-corrected chi connectivity index (χ1v) is 11.7. The van der Waals surface area contributed by atoms with Crippen molar-refractivity contribution in [1.29, 1.82) is 0 Å². The van der Waals surface area contributed by atoms with E-state index in [-0.39, 0.29) is 19.4 Å². The molecule has 0 fully saturated rings. The van der Waals surface area contributed by atoms with Crippen LogP contribution in [-0.2, 0) is 30.4 Å². The number of carbonyl (C=O) groups excluding carboxylic acids is 4. The van der Waals surface area contributed by atoms with Crippen molar-refractivity contribution < 1.29 is 29.1 Å². The predicted molar refractivity (Wildman–Crippen MR) is 124 cm³/mol. The molecule has 0 aliphatic heterocycles. The first-order valence-electron chi connectivity index (χ1n) is 10.3. The van der Waals surface area contributed by atoms with Crippen molar-refractivity contribution in [3.05, 3.63) is 35.9 Å². The Kier molecular flexibility index (Phi) is 12.6. The predicted octanol–water partition coefficient (Wildman–Crippen LogP) is -1.38. The normalized spacial score (nSPS) is 13.2. The summed E-state index contributed by atoms with van der Waals surface area (Å²) in [6.07, 6.45) is 2.19. The van der Waals surface area contributed by atoms with Gasteiger partial charge in [-0.15, -0.1) is 0 Å². The molecule has 7 N–H and O–H groups in total. The smallest absolute Gasteiger partial charge is 0.326 e. The highest BCUT2D eigenvalue weighted by molar-refractivity contribution is 7.98. The van der Waals surface area contributed by atoms with Gasteiger partial charge in [-0.1, -0.05) is 30.3 Å². The number of nitrogens with two attached hydrogens (primary N) is 1. The van der Waals surface area contributed by atoms with Gasteiger partial charge in [-0.25, -0.2) is 4.79 Å². The summed E-state index contributed by atoms with van der Waals surface area (Å²) < 4.78 is 0. The second-order valence-corrected chi connectivity index (χ2v) is 8.26. The molecule has 1 aromatic rings. The van der Waals surface area contributed by atoms with Gasteiger partial charge >= 0.3 is 5.97 Å². The van der Waals surface area contributed by atoms with E-state index in [1.165, 1.54) is 18.7 Å². The fraction of sp³-hybridized carbons (Fsp3) is 0.476. The Labute approximate surface area is 196 Å². The fourth-order valence-electron chi connectivity index (χ4n) is 2.64. The molecule has 0 saturated carbocycles. The molecule has 1 rings (SSSR count). The molecule has 0 radical (unpaired) electrons. The van der Waals surface area contributed by atoms with Crippen LogP contribution in [0.1, 0.15) is 18.9 Å². The van der Waals surface area contributed by atoms with Crippen LogP contribution < -0.4 is 27.0 Å². The Morgan fingerprint density at radius 1 is 0.939 bits per heavy atom. The average Bonchev–Trinajstić information content (AvgIpc) is 2.78. The Morgan fingerprint density at radius 3 is 2.15 bits per heavy atom. The van der Waals surface area contributed by atoms with Gasteiger partial charge in [0, 0.05) is 6.42 Å². The van der Waals surface area contributed by atoms with E-state index in [2.05, 4.69) is 21.3 Å². The van der Waals surface area contributed by atoms with E-state index in [0.29, 0.717) is 5.75 Å². The molecular formula is C21H31N5O6S. The molecule has 4 amide bonds. The van der Waals surface area contributed by atoms with E-state index in [1.54, 1.807) is 30.3 Å². The van der Waals surface area contributed by atoms with Gasteiger partial charge in [-0.05, 0) is 30.9 Å². The van der Waals surface area contributed by atoms with Gasteiger partial charge < -0.3 is 32.1 Å². The van der Waals surface area contributed by atoms with E-state index in [9.17, 15) is 29.1 Å². The number of thioether (sulfide) groups is 1. The van der Waals surface area contributed by atoms with Crippen LogP contribution in [0, 0.1) is 0 Å². The van der Waals surface area contributed by atoms with Crippen LogP contribution in [0.15, 0.2) is 30.3 Å². The standard InChI is InChI=1S/C21H31N5O6S/c1-13(22)19(29)24-11-17(27)23-12-18(28)25-16(10-14-6-4-3-5-7-14)20(30)26-15(21(31)32)8-9-33-2/h3-7,13,15-16H,8-12,22H2,1-2H3,(H,23,27)(H,24,29)(H,25,28)(H,26,30)(H,31,32)/t13-,15+,16+/m1/s1. The van der Waals surface area contributed by atoms with Crippen LogP contribution in [0.4, 0.5) is 0 Å². The number of amides is 4. The lowest BCUT2D eigenvalue weighted by atomic mass is 10.0. The van der Waals surface area contributed by atoms with E-state index in [0.717, 1.165) is 5.56 Å². The number of hydrogen-bond donors (Lipinski definition) is 6. The summed E-state index contributed by atoms with van der Waals surface area (Å²) in [5, 5.41) is 19.0. The second kappa shape index (κ2) is 14.9. The zero-order valence-electron chi connectivity index (χ0n) is 18.6. The van der Waals surface area contributed by atoms with Crippen molar-refractivity contribution in [2.24, 2.45) is 5.73 Å². The maximum absolute atomic E-state index is 12.8. The highest BCUT2D eigenvalue weighted by Crippen LogP contribution is 2.06. The van der Waals surface area contributed by atoms with Gasteiger partial charge in [-0.2, -0.15) is 11.8 Å². The molecule has 0 unspecified atom stereocenters. The minimum absolute atomic E-state index is 0.131. The lowest BCUT2D eigenvalue weighted by molar-refractivity contribution is -0.142. The molecule has 11 nitrogen and oxygen atoms in total. The molecule has 0 saturated heterocycles. The third kappa shape index (κ3) is 11.3. The fourth-order valence-corrected chi connectivity index (χ4v) is 3.11. The number of rotatable bonds is 14. The molecule has 3 atom stereocenters. The molecule has 0 spiro atoms. The van der Waals surface area contributed by atoms with E-state index < -0.39 is 54.3 Å². The number of carboxylic acids is 1. The number of nitrogens with one attached hydrogen (secondary N) is 4. The summed E-state index contributed by atoms with van der Waals surface area (Å²) in [5.41, 5.74) is 6.15. The number of hydrogen-bond acceptors (Lipinski definition) is 7. The summed E-state index contributed by atoms with van der Waals surface area (Å²) in [4.78, 5) is 59.8. The molecule has 0 aromatic heterocycles. The number of carbonyl (C=O) groups is 5. The molecule has 0 aliphatic carbocycles. The Morgan fingerprint density at radius 2 is 1.58 bits per heavy atom. The minimum atomic E-state index is -1.16. The zero-order chi connectivity index (χ0) is 24.8. The quantitative estimate of drug-likeness (QED) is 0.188. The first-order chi connectivity index (χ1) is 15.6. The maximum atomic E-state index is 12.8. The van der Waals surface area contributed by atoms with Gasteiger partial charge in [0.1, 0.15) is 12.1 Å². The molecular weight excluding hydrogens is 450 g/mol. The van der Waals surface area contributed by atoms with Crippen molar-refractivity contribution in [3.8, 4) is 0 Å². The summed E-state index contributed by atoms with van der Waals surface area (Å²) >= 11 is 1.45. The van der Waals surface area contributed by atoms with Crippen molar-refractivity contribution in [3.63, 3.8) is 0 Å². The summed E-state index contributed by atoms with van der Waals surface area (Å²) in [6, 6.07) is 6.00.